The van der Waals surface area contributed by atoms with E-state index in [0.717, 1.165) is 33.4 Å². The van der Waals surface area contributed by atoms with Gasteiger partial charge < -0.3 is 14.2 Å². The quantitative estimate of drug-likeness (QED) is 0.542. The van der Waals surface area contributed by atoms with Gasteiger partial charge in [-0.2, -0.15) is 0 Å². The predicted octanol–water partition coefficient (Wildman–Crippen LogP) is 5.35. The highest BCUT2D eigenvalue weighted by atomic mass is 16.5. The fourth-order valence-electron chi connectivity index (χ4n) is 3.22. The van der Waals surface area contributed by atoms with E-state index in [0.29, 0.717) is 52.7 Å². The largest absolute Gasteiger partial charge is 0.377 e. The van der Waals surface area contributed by atoms with Crippen LogP contribution < -0.4 is 0 Å². The van der Waals surface area contributed by atoms with E-state index in [1.54, 1.807) is 0 Å². The first-order valence-corrected chi connectivity index (χ1v) is 11.6. The second-order valence-electron chi connectivity index (χ2n) is 8.10. The lowest BCUT2D eigenvalue weighted by molar-refractivity contribution is 0.0143. The van der Waals surface area contributed by atoms with E-state index in [4.69, 9.17) is 14.2 Å². The van der Waals surface area contributed by atoms with Crippen LogP contribution in [0.3, 0.4) is 0 Å². The van der Waals surface area contributed by atoms with Gasteiger partial charge in [0.05, 0.1) is 52.7 Å². The molecule has 0 saturated heterocycles. The molecule has 2 aliphatic rings. The van der Waals surface area contributed by atoms with Crippen LogP contribution in [0.2, 0.25) is 0 Å². The van der Waals surface area contributed by atoms with Gasteiger partial charge >= 0.3 is 0 Å². The van der Waals surface area contributed by atoms with Crippen LogP contribution in [0.15, 0.2) is 94.5 Å². The summed E-state index contributed by atoms with van der Waals surface area (Å²) >= 11 is 0. The summed E-state index contributed by atoms with van der Waals surface area (Å²) in [6.07, 6.45) is 9.72. The van der Waals surface area contributed by atoms with Gasteiger partial charge in [0.1, 0.15) is 0 Å². The van der Waals surface area contributed by atoms with Crippen LogP contribution in [0.1, 0.15) is 29.2 Å². The fraction of sp³-hybridized carbons (Fsp3) is 0.310. The van der Waals surface area contributed by atoms with Crippen molar-refractivity contribution in [1.82, 2.24) is 0 Å². The highest BCUT2D eigenvalue weighted by Crippen LogP contribution is 2.08. The number of ether oxygens (including phenoxy) is 3. The number of nitrogens with zero attached hydrogens (tertiary/aromatic N) is 2. The molecular formula is C29H34N2O3. The Balaban J connectivity index is 1.68. The van der Waals surface area contributed by atoms with Crippen LogP contribution in [-0.4, -0.2) is 52.0 Å². The monoisotopic (exact) mass is 458 g/mol. The SMILES string of the molecule is C=C/C1=C\C=C(/C)COCCOCCOCc2ccc(cc2)C/N=C/c2cccc(c2)/C=N/C1. The molecule has 0 aliphatic carbocycles. The van der Waals surface area contributed by atoms with Crippen molar-refractivity contribution >= 4 is 12.4 Å². The van der Waals surface area contributed by atoms with E-state index in [1.807, 2.05) is 49.7 Å². The van der Waals surface area contributed by atoms with Gasteiger partial charge in [-0.1, -0.05) is 67.3 Å². The fourth-order valence-corrected chi connectivity index (χ4v) is 3.22. The molecule has 5 nitrogen and oxygen atoms in total. The average molecular weight is 459 g/mol. The highest BCUT2D eigenvalue weighted by Gasteiger charge is 1.98. The molecule has 0 spiro atoms. The minimum absolute atomic E-state index is 0.551. The molecule has 0 unspecified atom stereocenters. The Bertz CT molecular complexity index is 1020. The summed E-state index contributed by atoms with van der Waals surface area (Å²) in [5, 5.41) is 0. The standard InChI is InChI=1S/C29H34N2O3/c1-3-25-8-7-24(2)22-33-15-13-32-14-16-34-23-27-11-9-26(10-12-27)19-31-21-29-6-4-5-28(17-29)20-30-18-25/h3-12,17,20-21H,1,13-16,18-19,22-23H2,2H3/b24-7+,25-8+,30-20+,31-21+. The van der Waals surface area contributed by atoms with E-state index < -0.39 is 0 Å². The van der Waals surface area contributed by atoms with Crippen molar-refractivity contribution in [2.75, 3.05) is 39.6 Å². The van der Waals surface area contributed by atoms with Gasteiger partial charge in [0.25, 0.3) is 0 Å². The van der Waals surface area contributed by atoms with Crippen molar-refractivity contribution in [3.05, 3.63) is 107 Å². The molecule has 4 rings (SSSR count). The van der Waals surface area contributed by atoms with Crippen LogP contribution in [0.4, 0.5) is 0 Å². The minimum atomic E-state index is 0.551. The number of rotatable bonds is 1. The highest BCUT2D eigenvalue weighted by molar-refractivity contribution is 5.86. The van der Waals surface area contributed by atoms with Crippen LogP contribution >= 0.6 is 0 Å². The Morgan fingerprint density at radius 3 is 2.06 bits per heavy atom. The molecule has 2 aromatic rings. The first-order valence-electron chi connectivity index (χ1n) is 11.6. The zero-order valence-corrected chi connectivity index (χ0v) is 20.0. The third-order valence-corrected chi connectivity index (χ3v) is 5.15. The molecule has 2 heterocycles. The molecule has 0 fully saturated rings. The topological polar surface area (TPSA) is 52.4 Å². The number of benzene rings is 2. The zero-order chi connectivity index (χ0) is 23.8. The number of aliphatic imine (C=N–C) groups is 2. The van der Waals surface area contributed by atoms with E-state index >= 15 is 0 Å². The van der Waals surface area contributed by atoms with Crippen molar-refractivity contribution in [3.63, 3.8) is 0 Å². The summed E-state index contributed by atoms with van der Waals surface area (Å²) in [6, 6.07) is 16.6. The van der Waals surface area contributed by atoms with Crippen LogP contribution in [0, 0.1) is 0 Å². The van der Waals surface area contributed by atoms with E-state index in [2.05, 4.69) is 53.0 Å². The smallest absolute Gasteiger partial charge is 0.0718 e. The molecule has 5 heteroatoms. The van der Waals surface area contributed by atoms with Crippen molar-refractivity contribution in [1.29, 1.82) is 0 Å². The number of fused-ring (bicyclic) bond motifs is 15. The molecule has 0 N–H and O–H groups in total. The van der Waals surface area contributed by atoms with Crippen LogP contribution in [0.25, 0.3) is 0 Å². The minimum Gasteiger partial charge on any atom is -0.377 e. The maximum Gasteiger partial charge on any atom is 0.0718 e. The Morgan fingerprint density at radius 2 is 1.35 bits per heavy atom. The van der Waals surface area contributed by atoms with E-state index in [9.17, 15) is 0 Å². The third kappa shape index (κ3) is 9.79. The van der Waals surface area contributed by atoms with Crippen molar-refractivity contribution in [2.45, 2.75) is 20.1 Å². The summed E-state index contributed by atoms with van der Waals surface area (Å²) in [5.74, 6) is 0. The maximum atomic E-state index is 5.71. The summed E-state index contributed by atoms with van der Waals surface area (Å²) < 4.78 is 17.0. The van der Waals surface area contributed by atoms with Crippen molar-refractivity contribution in [2.24, 2.45) is 9.98 Å². The Morgan fingerprint density at radius 1 is 0.735 bits per heavy atom. The molecule has 2 aromatic carbocycles. The van der Waals surface area contributed by atoms with Crippen molar-refractivity contribution in [3.8, 4) is 0 Å². The van der Waals surface area contributed by atoms with Gasteiger partial charge in [-0.15, -0.1) is 0 Å². The average Bonchev–Trinajstić information content (AvgIpc) is 2.85. The summed E-state index contributed by atoms with van der Waals surface area (Å²) in [5.41, 5.74) is 6.57. The maximum absolute atomic E-state index is 5.71. The lowest BCUT2D eigenvalue weighted by Gasteiger charge is -2.08. The van der Waals surface area contributed by atoms with Crippen LogP contribution in [0.5, 0.6) is 0 Å². The third-order valence-electron chi connectivity index (χ3n) is 5.15. The molecule has 4 bridgehead atoms. The van der Waals surface area contributed by atoms with Gasteiger partial charge in [0.2, 0.25) is 0 Å². The summed E-state index contributed by atoms with van der Waals surface area (Å²) in [7, 11) is 0. The Kier molecular flexibility index (Phi) is 11.2. The molecule has 0 amide bonds. The molecule has 0 radical (unpaired) electrons. The number of hydrogen-bond acceptors (Lipinski definition) is 5. The Hall–Kier alpha value is -3.12. The molecular weight excluding hydrogens is 424 g/mol. The molecule has 178 valence electrons. The Labute approximate surface area is 203 Å². The van der Waals surface area contributed by atoms with Gasteiger partial charge in [0.15, 0.2) is 0 Å². The van der Waals surface area contributed by atoms with Gasteiger partial charge in [0, 0.05) is 12.4 Å². The predicted molar refractivity (Wildman–Crippen MR) is 140 cm³/mol. The number of allylic oxidation sites excluding steroid dienone is 2. The van der Waals surface area contributed by atoms with E-state index in [1.165, 1.54) is 0 Å². The second-order valence-corrected chi connectivity index (χ2v) is 8.10. The molecule has 2 aliphatic heterocycles. The molecule has 0 atom stereocenters. The lowest BCUT2D eigenvalue weighted by atomic mass is 10.1. The van der Waals surface area contributed by atoms with E-state index in [-0.39, 0.29) is 0 Å². The number of hydrogen-bond donors (Lipinski definition) is 0. The molecule has 34 heavy (non-hydrogen) atoms. The summed E-state index contributed by atoms with van der Waals surface area (Å²) in [4.78, 5) is 9.18. The summed E-state index contributed by atoms with van der Waals surface area (Å²) in [6.45, 7) is 10.5. The van der Waals surface area contributed by atoms with Gasteiger partial charge in [-0.3, -0.25) is 9.98 Å². The first kappa shape index (κ1) is 25.5. The zero-order valence-electron chi connectivity index (χ0n) is 20.0. The first-order chi connectivity index (χ1) is 16.7. The van der Waals surface area contributed by atoms with Gasteiger partial charge in [-0.25, -0.2) is 0 Å². The second kappa shape index (κ2) is 14.9. The molecule has 0 saturated carbocycles. The normalized spacial score (nSPS) is 22.0. The molecule has 0 aromatic heterocycles. The lowest BCUT2D eigenvalue weighted by Crippen LogP contribution is -2.10. The van der Waals surface area contributed by atoms with Crippen LogP contribution in [-0.2, 0) is 27.4 Å². The van der Waals surface area contributed by atoms with Crippen molar-refractivity contribution < 1.29 is 14.2 Å². The van der Waals surface area contributed by atoms with Gasteiger partial charge in [-0.05, 0) is 46.4 Å².